The predicted octanol–water partition coefficient (Wildman–Crippen LogP) is 1.69. The van der Waals surface area contributed by atoms with Crippen LogP contribution >= 0.6 is 0 Å². The number of benzene rings is 1. The molecule has 1 rings (SSSR count). The number of hydrogen-bond donors (Lipinski definition) is 2. The Morgan fingerprint density at radius 2 is 1.79 bits per heavy atom. The fourth-order valence-electron chi connectivity index (χ4n) is 1.59. The van der Waals surface area contributed by atoms with Crippen molar-refractivity contribution >= 4 is 16.0 Å². The van der Waals surface area contributed by atoms with Crippen molar-refractivity contribution in [2.75, 3.05) is 0 Å². The molecule has 0 amide bonds. The van der Waals surface area contributed by atoms with Crippen LogP contribution in [0.15, 0.2) is 23.1 Å². The summed E-state index contributed by atoms with van der Waals surface area (Å²) in [6.07, 6.45) is 0. The third-order valence-corrected chi connectivity index (χ3v) is 4.44. The Labute approximate surface area is 113 Å². The average Bonchev–Trinajstić information content (AvgIpc) is 2.28. The largest absolute Gasteiger partial charge is 0.480 e. The third kappa shape index (κ3) is 3.78. The first kappa shape index (κ1) is 15.7. The van der Waals surface area contributed by atoms with Crippen LogP contribution in [0, 0.1) is 19.8 Å². The Morgan fingerprint density at radius 1 is 1.21 bits per heavy atom. The molecule has 6 heteroatoms. The summed E-state index contributed by atoms with van der Waals surface area (Å²) in [5, 5.41) is 9.03. The highest BCUT2D eigenvalue weighted by Gasteiger charge is 2.28. The minimum absolute atomic E-state index is 0.0856. The second-order valence-electron chi connectivity index (χ2n) is 4.93. The molecule has 0 bridgehead atoms. The van der Waals surface area contributed by atoms with Gasteiger partial charge in [-0.3, -0.25) is 4.79 Å². The van der Waals surface area contributed by atoms with Crippen molar-refractivity contribution in [3.8, 4) is 0 Å². The lowest BCUT2D eigenvalue weighted by Gasteiger charge is -2.18. The van der Waals surface area contributed by atoms with E-state index in [9.17, 15) is 13.2 Å². The molecule has 1 aromatic carbocycles. The number of aryl methyl sites for hydroxylation is 2. The van der Waals surface area contributed by atoms with Crippen LogP contribution in [0.3, 0.4) is 0 Å². The number of hydrogen-bond acceptors (Lipinski definition) is 3. The van der Waals surface area contributed by atoms with Crippen LogP contribution in [0.2, 0.25) is 0 Å². The van der Waals surface area contributed by atoms with Gasteiger partial charge in [0, 0.05) is 0 Å². The first-order valence-electron chi connectivity index (χ1n) is 5.97. The van der Waals surface area contributed by atoms with Gasteiger partial charge in [-0.15, -0.1) is 0 Å². The summed E-state index contributed by atoms with van der Waals surface area (Å²) in [6.45, 7) is 7.00. The molecule has 0 saturated heterocycles. The van der Waals surface area contributed by atoms with E-state index in [-0.39, 0.29) is 10.8 Å². The maximum absolute atomic E-state index is 12.1. The van der Waals surface area contributed by atoms with Crippen molar-refractivity contribution in [1.82, 2.24) is 4.72 Å². The highest BCUT2D eigenvalue weighted by atomic mass is 32.2. The van der Waals surface area contributed by atoms with Gasteiger partial charge < -0.3 is 5.11 Å². The van der Waals surface area contributed by atoms with Crippen molar-refractivity contribution < 1.29 is 18.3 Å². The van der Waals surface area contributed by atoms with Gasteiger partial charge in [-0.25, -0.2) is 8.42 Å². The van der Waals surface area contributed by atoms with E-state index in [1.807, 2.05) is 13.8 Å². The predicted molar refractivity (Wildman–Crippen MR) is 72.5 cm³/mol. The zero-order valence-electron chi connectivity index (χ0n) is 11.5. The zero-order chi connectivity index (χ0) is 14.8. The molecule has 1 unspecified atom stereocenters. The van der Waals surface area contributed by atoms with Crippen molar-refractivity contribution in [2.24, 2.45) is 5.92 Å². The molecular formula is C13H19NO4S. The van der Waals surface area contributed by atoms with Gasteiger partial charge in [0.25, 0.3) is 0 Å². The summed E-state index contributed by atoms with van der Waals surface area (Å²) in [4.78, 5) is 11.1. The first-order valence-corrected chi connectivity index (χ1v) is 7.46. The summed E-state index contributed by atoms with van der Waals surface area (Å²) in [5.41, 5.74) is 1.83. The lowest BCUT2D eigenvalue weighted by atomic mass is 10.1. The van der Waals surface area contributed by atoms with Gasteiger partial charge in [-0.1, -0.05) is 19.9 Å². The van der Waals surface area contributed by atoms with E-state index >= 15 is 0 Å². The van der Waals surface area contributed by atoms with E-state index in [1.54, 1.807) is 19.9 Å². The van der Waals surface area contributed by atoms with E-state index in [2.05, 4.69) is 4.72 Å². The second kappa shape index (κ2) is 5.71. The Morgan fingerprint density at radius 3 is 2.21 bits per heavy atom. The summed E-state index contributed by atoms with van der Waals surface area (Å²) in [5.74, 6) is -1.51. The standard InChI is InChI=1S/C13H19NO4S/c1-8(2)12(13(15)16)14-19(17,18)11-6-5-9(3)10(4)7-11/h5-8,12,14H,1-4H3,(H,15,16). The summed E-state index contributed by atoms with van der Waals surface area (Å²) < 4.78 is 26.5. The quantitative estimate of drug-likeness (QED) is 0.862. The molecule has 0 spiro atoms. The number of sulfonamides is 1. The Bertz CT molecular complexity index is 578. The lowest BCUT2D eigenvalue weighted by Crippen LogP contribution is -2.44. The molecule has 0 heterocycles. The Kier molecular flexibility index (Phi) is 4.70. The molecule has 0 aliphatic carbocycles. The molecule has 0 radical (unpaired) electrons. The van der Waals surface area contributed by atoms with E-state index < -0.39 is 22.0 Å². The second-order valence-corrected chi connectivity index (χ2v) is 6.64. The van der Waals surface area contributed by atoms with Crippen molar-refractivity contribution in [2.45, 2.75) is 38.6 Å². The number of carbonyl (C=O) groups is 1. The third-order valence-electron chi connectivity index (χ3n) is 3.00. The van der Waals surface area contributed by atoms with Gasteiger partial charge in [-0.05, 0) is 43.0 Å². The fourth-order valence-corrected chi connectivity index (χ4v) is 3.01. The fraction of sp³-hybridized carbons (Fsp3) is 0.462. The van der Waals surface area contributed by atoms with Gasteiger partial charge in [-0.2, -0.15) is 4.72 Å². The molecule has 0 aromatic heterocycles. The smallest absolute Gasteiger partial charge is 0.322 e. The van der Waals surface area contributed by atoms with E-state index in [1.165, 1.54) is 12.1 Å². The maximum Gasteiger partial charge on any atom is 0.322 e. The van der Waals surface area contributed by atoms with E-state index in [0.29, 0.717) is 0 Å². The maximum atomic E-state index is 12.1. The summed E-state index contributed by atoms with van der Waals surface area (Å²) in [6, 6.07) is 3.59. The van der Waals surface area contributed by atoms with Crippen LogP contribution < -0.4 is 4.72 Å². The lowest BCUT2D eigenvalue weighted by molar-refractivity contribution is -0.140. The molecule has 0 aliphatic heterocycles. The first-order chi connectivity index (χ1) is 8.65. The average molecular weight is 285 g/mol. The minimum atomic E-state index is -3.82. The van der Waals surface area contributed by atoms with Crippen LogP contribution in [0.5, 0.6) is 0 Å². The molecule has 5 nitrogen and oxygen atoms in total. The topological polar surface area (TPSA) is 83.5 Å². The molecule has 0 aliphatic rings. The number of rotatable bonds is 5. The number of nitrogens with one attached hydrogen (secondary N) is 1. The Hall–Kier alpha value is -1.40. The SMILES string of the molecule is Cc1ccc(S(=O)(=O)NC(C(=O)O)C(C)C)cc1C. The highest BCUT2D eigenvalue weighted by Crippen LogP contribution is 2.16. The molecule has 0 fully saturated rings. The van der Waals surface area contributed by atoms with Crippen molar-refractivity contribution in [3.05, 3.63) is 29.3 Å². The highest BCUT2D eigenvalue weighted by molar-refractivity contribution is 7.89. The van der Waals surface area contributed by atoms with Gasteiger partial charge in [0.2, 0.25) is 10.0 Å². The number of carboxylic acid groups (broad SMARTS) is 1. The molecule has 1 atom stereocenters. The summed E-state index contributed by atoms with van der Waals surface area (Å²) >= 11 is 0. The van der Waals surface area contributed by atoms with Crippen molar-refractivity contribution in [3.63, 3.8) is 0 Å². The number of carboxylic acids is 1. The van der Waals surface area contributed by atoms with Crippen molar-refractivity contribution in [1.29, 1.82) is 0 Å². The molecule has 19 heavy (non-hydrogen) atoms. The molecule has 0 saturated carbocycles. The molecular weight excluding hydrogens is 266 g/mol. The minimum Gasteiger partial charge on any atom is -0.480 e. The van der Waals surface area contributed by atoms with Gasteiger partial charge in [0.05, 0.1) is 4.90 Å². The van der Waals surface area contributed by atoms with E-state index in [0.717, 1.165) is 11.1 Å². The monoisotopic (exact) mass is 285 g/mol. The van der Waals surface area contributed by atoms with Gasteiger partial charge in [0.15, 0.2) is 0 Å². The van der Waals surface area contributed by atoms with Crippen LogP contribution in [0.1, 0.15) is 25.0 Å². The number of aliphatic carboxylic acids is 1. The molecule has 2 N–H and O–H groups in total. The van der Waals surface area contributed by atoms with Crippen LogP contribution in [-0.2, 0) is 14.8 Å². The van der Waals surface area contributed by atoms with Crippen LogP contribution in [0.25, 0.3) is 0 Å². The summed E-state index contributed by atoms with van der Waals surface area (Å²) in [7, 11) is -3.82. The van der Waals surface area contributed by atoms with Crippen LogP contribution in [-0.4, -0.2) is 25.5 Å². The molecule has 1 aromatic rings. The van der Waals surface area contributed by atoms with Gasteiger partial charge in [0.1, 0.15) is 6.04 Å². The Balaban J connectivity index is 3.10. The molecule has 106 valence electrons. The zero-order valence-corrected chi connectivity index (χ0v) is 12.3. The van der Waals surface area contributed by atoms with Gasteiger partial charge >= 0.3 is 5.97 Å². The normalized spacial score (nSPS) is 13.5. The van der Waals surface area contributed by atoms with E-state index in [4.69, 9.17) is 5.11 Å². The van der Waals surface area contributed by atoms with Crippen LogP contribution in [0.4, 0.5) is 0 Å².